The van der Waals surface area contributed by atoms with Crippen LogP contribution in [0.4, 0.5) is 0 Å². The summed E-state index contributed by atoms with van der Waals surface area (Å²) in [6, 6.07) is 5.95. The maximum atomic E-state index is 11.4. The largest absolute Gasteiger partial charge is 0.480 e. The molecule has 21 heavy (non-hydrogen) atoms. The molecule has 0 radical (unpaired) electrons. The van der Waals surface area contributed by atoms with E-state index in [2.05, 4.69) is 44.3 Å². The fourth-order valence-electron chi connectivity index (χ4n) is 2.99. The molecule has 0 amide bonds. The van der Waals surface area contributed by atoms with Crippen LogP contribution in [0.3, 0.4) is 0 Å². The minimum absolute atomic E-state index is 0.170. The monoisotopic (exact) mass is 289 g/mol. The first-order valence-corrected chi connectivity index (χ1v) is 7.93. The minimum atomic E-state index is -0.744. The van der Waals surface area contributed by atoms with Gasteiger partial charge in [0, 0.05) is 6.54 Å². The second-order valence-corrected chi connectivity index (χ2v) is 7.28. The van der Waals surface area contributed by atoms with Crippen LogP contribution in [-0.2, 0) is 24.2 Å². The van der Waals surface area contributed by atoms with E-state index in [4.69, 9.17) is 0 Å². The van der Waals surface area contributed by atoms with Crippen molar-refractivity contribution in [3.63, 3.8) is 0 Å². The van der Waals surface area contributed by atoms with Crippen LogP contribution in [0.2, 0.25) is 0 Å². The molecular weight excluding hydrogens is 262 g/mol. The second kappa shape index (κ2) is 6.61. The summed E-state index contributed by atoms with van der Waals surface area (Å²) in [5.74, 6) is -0.744. The van der Waals surface area contributed by atoms with Gasteiger partial charge in [0.05, 0.1) is 0 Å². The number of fused-ring (bicyclic) bond motifs is 1. The van der Waals surface area contributed by atoms with Gasteiger partial charge in [-0.2, -0.15) is 0 Å². The number of rotatable bonds is 6. The molecule has 0 aliphatic heterocycles. The predicted octanol–water partition coefficient (Wildman–Crippen LogP) is 3.54. The summed E-state index contributed by atoms with van der Waals surface area (Å²) in [6.07, 6.45) is 5.10. The van der Waals surface area contributed by atoms with Crippen molar-refractivity contribution in [1.82, 2.24) is 5.32 Å². The molecule has 0 aromatic heterocycles. The Bertz CT molecular complexity index is 502. The Labute approximate surface area is 127 Å². The molecule has 1 aromatic rings. The summed E-state index contributed by atoms with van der Waals surface area (Å²) in [4.78, 5) is 11.4. The summed E-state index contributed by atoms with van der Waals surface area (Å²) >= 11 is 0. The average molecular weight is 289 g/mol. The zero-order valence-corrected chi connectivity index (χ0v) is 13.4. The van der Waals surface area contributed by atoms with Crippen molar-refractivity contribution >= 4 is 5.97 Å². The second-order valence-electron chi connectivity index (χ2n) is 7.28. The summed E-state index contributed by atoms with van der Waals surface area (Å²) in [5.41, 5.74) is 4.32. The molecule has 116 valence electrons. The molecule has 0 heterocycles. The van der Waals surface area contributed by atoms with E-state index in [9.17, 15) is 9.90 Å². The van der Waals surface area contributed by atoms with Crippen LogP contribution in [-0.4, -0.2) is 17.1 Å². The van der Waals surface area contributed by atoms with Crippen molar-refractivity contribution in [3.05, 3.63) is 34.9 Å². The molecule has 0 saturated carbocycles. The summed E-state index contributed by atoms with van der Waals surface area (Å²) in [5, 5.41) is 12.6. The maximum Gasteiger partial charge on any atom is 0.320 e. The number of hydrogen-bond acceptors (Lipinski definition) is 2. The Hall–Kier alpha value is -1.35. The highest BCUT2D eigenvalue weighted by molar-refractivity contribution is 5.73. The van der Waals surface area contributed by atoms with Crippen LogP contribution in [0.15, 0.2) is 18.2 Å². The highest BCUT2D eigenvalue weighted by Gasteiger charge is 2.21. The fourth-order valence-corrected chi connectivity index (χ4v) is 2.99. The lowest BCUT2D eigenvalue weighted by atomic mass is 9.88. The van der Waals surface area contributed by atoms with Crippen LogP contribution >= 0.6 is 0 Å². The van der Waals surface area contributed by atoms with Gasteiger partial charge < -0.3 is 10.4 Å². The van der Waals surface area contributed by atoms with E-state index in [1.54, 1.807) is 0 Å². The van der Waals surface area contributed by atoms with Gasteiger partial charge in [0.1, 0.15) is 6.04 Å². The van der Waals surface area contributed by atoms with Gasteiger partial charge in [-0.1, -0.05) is 39.0 Å². The topological polar surface area (TPSA) is 49.3 Å². The Morgan fingerprint density at radius 2 is 2.10 bits per heavy atom. The van der Waals surface area contributed by atoms with E-state index < -0.39 is 12.0 Å². The first-order valence-electron chi connectivity index (χ1n) is 7.93. The van der Waals surface area contributed by atoms with Crippen molar-refractivity contribution in [3.8, 4) is 0 Å². The van der Waals surface area contributed by atoms with Crippen molar-refractivity contribution in [1.29, 1.82) is 0 Å². The number of aryl methyl sites for hydroxylation is 1. The van der Waals surface area contributed by atoms with Crippen LogP contribution in [0, 0.1) is 5.41 Å². The molecule has 1 aliphatic rings. The van der Waals surface area contributed by atoms with E-state index in [1.165, 1.54) is 23.1 Å². The maximum absolute atomic E-state index is 11.4. The van der Waals surface area contributed by atoms with Gasteiger partial charge in [0.2, 0.25) is 0 Å². The number of aliphatic carboxylic acids is 1. The quantitative estimate of drug-likeness (QED) is 0.842. The average Bonchev–Trinajstić information content (AvgIpc) is 2.85. The Morgan fingerprint density at radius 1 is 1.33 bits per heavy atom. The Morgan fingerprint density at radius 3 is 2.76 bits per heavy atom. The smallest absolute Gasteiger partial charge is 0.320 e. The first-order chi connectivity index (χ1) is 9.87. The van der Waals surface area contributed by atoms with Crippen molar-refractivity contribution in [2.24, 2.45) is 5.41 Å². The number of carbonyl (C=O) groups is 1. The molecule has 3 heteroatoms. The lowest BCUT2D eigenvalue weighted by Gasteiger charge is -2.22. The molecule has 2 rings (SSSR count). The Kier molecular flexibility index (Phi) is 5.04. The number of hydrogen-bond donors (Lipinski definition) is 2. The van der Waals surface area contributed by atoms with Crippen molar-refractivity contribution in [2.45, 2.75) is 65.5 Å². The van der Waals surface area contributed by atoms with Crippen molar-refractivity contribution < 1.29 is 9.90 Å². The predicted molar refractivity (Wildman–Crippen MR) is 85.4 cm³/mol. The summed E-state index contributed by atoms with van der Waals surface area (Å²) in [6.45, 7) is 7.10. The molecule has 0 unspecified atom stereocenters. The molecule has 0 fully saturated rings. The molecule has 0 bridgehead atoms. The van der Waals surface area contributed by atoms with Gasteiger partial charge in [-0.15, -0.1) is 0 Å². The van der Waals surface area contributed by atoms with Gasteiger partial charge in [-0.25, -0.2) is 0 Å². The van der Waals surface area contributed by atoms with E-state index in [-0.39, 0.29) is 5.41 Å². The molecule has 1 aromatic carbocycles. The fraction of sp³-hybridized carbons (Fsp3) is 0.611. The van der Waals surface area contributed by atoms with Crippen LogP contribution < -0.4 is 5.32 Å². The molecule has 1 atom stereocenters. The summed E-state index contributed by atoms with van der Waals surface area (Å²) < 4.78 is 0. The van der Waals surface area contributed by atoms with Gasteiger partial charge >= 0.3 is 5.97 Å². The molecule has 0 saturated heterocycles. The van der Waals surface area contributed by atoms with Gasteiger partial charge in [0.25, 0.3) is 0 Å². The normalized spacial score (nSPS) is 15.8. The summed E-state index contributed by atoms with van der Waals surface area (Å²) in [7, 11) is 0. The van der Waals surface area contributed by atoms with Gasteiger partial charge in [-0.05, 0) is 54.2 Å². The van der Waals surface area contributed by atoms with E-state index >= 15 is 0 Å². The Balaban J connectivity index is 1.96. The lowest BCUT2D eigenvalue weighted by molar-refractivity contribution is -0.139. The van der Waals surface area contributed by atoms with Gasteiger partial charge in [0.15, 0.2) is 0 Å². The minimum Gasteiger partial charge on any atom is -0.480 e. The third-order valence-corrected chi connectivity index (χ3v) is 4.26. The van der Waals surface area contributed by atoms with Crippen LogP contribution in [0.5, 0.6) is 0 Å². The number of nitrogens with one attached hydrogen (secondary N) is 1. The molecule has 3 nitrogen and oxygen atoms in total. The molecule has 0 spiro atoms. The SMILES string of the molecule is CC(C)(C)CC[C@H](NCc1cccc2c1CCC2)C(=O)O. The van der Waals surface area contributed by atoms with Crippen LogP contribution in [0.25, 0.3) is 0 Å². The zero-order chi connectivity index (χ0) is 15.5. The lowest BCUT2D eigenvalue weighted by Crippen LogP contribution is -2.37. The van der Waals surface area contributed by atoms with Crippen molar-refractivity contribution in [2.75, 3.05) is 0 Å². The molecular formula is C18H27NO2. The zero-order valence-electron chi connectivity index (χ0n) is 13.4. The molecule has 2 N–H and O–H groups in total. The third-order valence-electron chi connectivity index (χ3n) is 4.26. The van der Waals surface area contributed by atoms with Gasteiger partial charge in [-0.3, -0.25) is 4.79 Å². The third kappa shape index (κ3) is 4.57. The number of carboxylic acids is 1. The molecule has 1 aliphatic carbocycles. The van der Waals surface area contributed by atoms with E-state index in [1.807, 2.05) is 0 Å². The standard InChI is InChI=1S/C18H27NO2/c1-18(2,3)11-10-16(17(20)21)19-12-14-8-4-6-13-7-5-9-15(13)14/h4,6,8,16,19H,5,7,9-12H2,1-3H3,(H,20,21)/t16-/m0/s1. The highest BCUT2D eigenvalue weighted by Crippen LogP contribution is 2.26. The number of benzene rings is 1. The van der Waals surface area contributed by atoms with E-state index in [0.29, 0.717) is 13.0 Å². The van der Waals surface area contributed by atoms with Crippen LogP contribution in [0.1, 0.15) is 56.7 Å². The highest BCUT2D eigenvalue weighted by atomic mass is 16.4. The number of carboxylic acid groups (broad SMARTS) is 1. The first kappa shape index (κ1) is 16.0. The van der Waals surface area contributed by atoms with E-state index in [0.717, 1.165) is 19.3 Å².